The van der Waals surface area contributed by atoms with Crippen molar-refractivity contribution in [1.29, 1.82) is 0 Å². The maximum atomic E-state index is 2.63. The van der Waals surface area contributed by atoms with Crippen molar-refractivity contribution in [1.82, 2.24) is 9.80 Å². The first-order chi connectivity index (χ1) is 8.78. The van der Waals surface area contributed by atoms with Gasteiger partial charge >= 0.3 is 0 Å². The lowest BCUT2D eigenvalue weighted by Crippen LogP contribution is -2.29. The molecule has 0 atom stereocenters. The predicted molar refractivity (Wildman–Crippen MR) is 83.3 cm³/mol. The molecule has 0 saturated carbocycles. The van der Waals surface area contributed by atoms with E-state index in [9.17, 15) is 0 Å². The molecular weight excluding hydrogens is 220 g/mol. The molecule has 2 nitrogen and oxygen atoms in total. The first-order valence-electron chi connectivity index (χ1n) is 8.23. The lowest BCUT2D eigenvalue weighted by atomic mass is 10.2. The molecular formula is C16H36N2. The monoisotopic (exact) mass is 256 g/mol. The van der Waals surface area contributed by atoms with Gasteiger partial charge in [-0.2, -0.15) is 0 Å². The van der Waals surface area contributed by atoms with Gasteiger partial charge in [0.15, 0.2) is 0 Å². The van der Waals surface area contributed by atoms with Crippen molar-refractivity contribution in [2.24, 2.45) is 0 Å². The van der Waals surface area contributed by atoms with Crippen molar-refractivity contribution in [3.05, 3.63) is 0 Å². The molecule has 0 unspecified atom stereocenters. The minimum atomic E-state index is 1.28. The van der Waals surface area contributed by atoms with Gasteiger partial charge in [-0.1, -0.05) is 27.7 Å². The molecule has 0 aliphatic heterocycles. The molecule has 0 aromatic heterocycles. The van der Waals surface area contributed by atoms with Crippen LogP contribution in [0.4, 0.5) is 0 Å². The Morgan fingerprint density at radius 3 is 0.944 bits per heavy atom. The number of rotatable bonds is 13. The molecule has 0 spiro atoms. The highest BCUT2D eigenvalue weighted by molar-refractivity contribution is 4.60. The summed E-state index contributed by atoms with van der Waals surface area (Å²) in [6, 6.07) is 0. The Morgan fingerprint density at radius 2 is 0.722 bits per heavy atom. The fraction of sp³-hybridized carbons (Fsp3) is 1.00. The molecule has 0 aromatic rings. The molecule has 110 valence electrons. The second kappa shape index (κ2) is 13.4. The highest BCUT2D eigenvalue weighted by atomic mass is 15.1. The Hall–Kier alpha value is -0.0800. The fourth-order valence-corrected chi connectivity index (χ4v) is 2.61. The van der Waals surface area contributed by atoms with Crippen molar-refractivity contribution in [3.8, 4) is 0 Å². The van der Waals surface area contributed by atoms with Crippen LogP contribution in [0.25, 0.3) is 0 Å². The third-order valence-corrected chi connectivity index (χ3v) is 3.36. The quantitative estimate of drug-likeness (QED) is 0.459. The second-order valence-electron chi connectivity index (χ2n) is 5.39. The van der Waals surface area contributed by atoms with Crippen LogP contribution in [0, 0.1) is 0 Å². The lowest BCUT2D eigenvalue weighted by Gasteiger charge is -2.23. The summed E-state index contributed by atoms with van der Waals surface area (Å²) < 4.78 is 0. The van der Waals surface area contributed by atoms with E-state index in [4.69, 9.17) is 0 Å². The Morgan fingerprint density at radius 1 is 0.444 bits per heavy atom. The molecule has 0 radical (unpaired) electrons. The number of nitrogens with zero attached hydrogens (tertiary/aromatic N) is 2. The van der Waals surface area contributed by atoms with Gasteiger partial charge in [-0.25, -0.2) is 0 Å². The molecule has 0 bridgehead atoms. The van der Waals surface area contributed by atoms with E-state index in [-0.39, 0.29) is 0 Å². The molecule has 0 rings (SSSR count). The minimum absolute atomic E-state index is 1.28. The van der Waals surface area contributed by atoms with Gasteiger partial charge in [0.1, 0.15) is 0 Å². The number of hydrogen-bond donors (Lipinski definition) is 0. The van der Waals surface area contributed by atoms with Crippen molar-refractivity contribution >= 4 is 0 Å². The molecule has 2 heteroatoms. The first-order valence-corrected chi connectivity index (χ1v) is 8.23. The van der Waals surface area contributed by atoms with Crippen LogP contribution in [0.3, 0.4) is 0 Å². The van der Waals surface area contributed by atoms with Gasteiger partial charge < -0.3 is 9.80 Å². The standard InChI is InChI=1S/C16H36N2/c1-5-11-17(12-6-2)15-9-10-16-18(13-7-3)14-8-4/h5-16H2,1-4H3. The van der Waals surface area contributed by atoms with Gasteiger partial charge in [-0.3, -0.25) is 0 Å². The normalized spacial score (nSPS) is 11.7. The molecule has 0 aromatic carbocycles. The van der Waals surface area contributed by atoms with Crippen LogP contribution < -0.4 is 0 Å². The molecule has 0 aliphatic rings. The Kier molecular flexibility index (Phi) is 13.3. The summed E-state index contributed by atoms with van der Waals surface area (Å²) in [7, 11) is 0. The van der Waals surface area contributed by atoms with Gasteiger partial charge in [0.2, 0.25) is 0 Å². The first kappa shape index (κ1) is 17.9. The van der Waals surface area contributed by atoms with Crippen LogP contribution in [0.2, 0.25) is 0 Å². The average molecular weight is 256 g/mol. The number of unbranched alkanes of at least 4 members (excludes halogenated alkanes) is 1. The summed E-state index contributed by atoms with van der Waals surface area (Å²) in [4.78, 5) is 5.26. The smallest absolute Gasteiger partial charge is 0.00183 e. The summed E-state index contributed by atoms with van der Waals surface area (Å²) in [6.07, 6.45) is 7.89. The SMILES string of the molecule is CCCN(CCC)CCCCN(CCC)CCC. The fourth-order valence-electron chi connectivity index (χ4n) is 2.61. The van der Waals surface area contributed by atoms with E-state index in [1.54, 1.807) is 0 Å². The van der Waals surface area contributed by atoms with Gasteiger partial charge in [-0.15, -0.1) is 0 Å². The van der Waals surface area contributed by atoms with Crippen LogP contribution in [-0.2, 0) is 0 Å². The topological polar surface area (TPSA) is 6.48 Å². The van der Waals surface area contributed by atoms with Gasteiger partial charge in [0.05, 0.1) is 0 Å². The molecule has 0 aliphatic carbocycles. The molecule has 0 amide bonds. The molecule has 0 fully saturated rings. The van der Waals surface area contributed by atoms with Crippen molar-refractivity contribution < 1.29 is 0 Å². The van der Waals surface area contributed by atoms with Crippen LogP contribution in [0.5, 0.6) is 0 Å². The van der Waals surface area contributed by atoms with Gasteiger partial charge in [-0.05, 0) is 77.8 Å². The molecule has 0 heterocycles. The minimum Gasteiger partial charge on any atom is -0.303 e. The summed E-state index contributed by atoms with van der Waals surface area (Å²) >= 11 is 0. The van der Waals surface area contributed by atoms with E-state index in [0.29, 0.717) is 0 Å². The zero-order chi connectivity index (χ0) is 13.6. The Bertz CT molecular complexity index is 129. The maximum absolute atomic E-state index is 2.63. The van der Waals surface area contributed by atoms with E-state index in [2.05, 4.69) is 37.5 Å². The van der Waals surface area contributed by atoms with Gasteiger partial charge in [0.25, 0.3) is 0 Å². The summed E-state index contributed by atoms with van der Waals surface area (Å²) in [5, 5.41) is 0. The highest BCUT2D eigenvalue weighted by Gasteiger charge is 2.04. The highest BCUT2D eigenvalue weighted by Crippen LogP contribution is 2.02. The van der Waals surface area contributed by atoms with E-state index in [0.717, 1.165) is 0 Å². The zero-order valence-corrected chi connectivity index (χ0v) is 13.4. The average Bonchev–Trinajstić information content (AvgIpc) is 2.35. The maximum Gasteiger partial charge on any atom is -0.00183 e. The van der Waals surface area contributed by atoms with E-state index in [1.165, 1.54) is 77.8 Å². The van der Waals surface area contributed by atoms with Crippen molar-refractivity contribution in [2.75, 3.05) is 39.3 Å². The summed E-state index contributed by atoms with van der Waals surface area (Å²) in [5.41, 5.74) is 0. The third-order valence-electron chi connectivity index (χ3n) is 3.36. The van der Waals surface area contributed by atoms with Crippen LogP contribution in [-0.4, -0.2) is 49.1 Å². The molecule has 18 heavy (non-hydrogen) atoms. The third kappa shape index (κ3) is 9.90. The Balaban J connectivity index is 3.66. The summed E-state index contributed by atoms with van der Waals surface area (Å²) in [6.45, 7) is 16.9. The summed E-state index contributed by atoms with van der Waals surface area (Å²) in [5.74, 6) is 0. The van der Waals surface area contributed by atoms with Crippen LogP contribution >= 0.6 is 0 Å². The lowest BCUT2D eigenvalue weighted by molar-refractivity contribution is 0.241. The van der Waals surface area contributed by atoms with Crippen LogP contribution in [0.1, 0.15) is 66.2 Å². The Labute approximate surface area is 116 Å². The molecule has 0 saturated heterocycles. The van der Waals surface area contributed by atoms with E-state index in [1.807, 2.05) is 0 Å². The molecule has 0 N–H and O–H groups in total. The largest absolute Gasteiger partial charge is 0.303 e. The second-order valence-corrected chi connectivity index (χ2v) is 5.39. The van der Waals surface area contributed by atoms with Crippen molar-refractivity contribution in [2.45, 2.75) is 66.2 Å². The van der Waals surface area contributed by atoms with Gasteiger partial charge in [0, 0.05) is 0 Å². The van der Waals surface area contributed by atoms with Crippen molar-refractivity contribution in [3.63, 3.8) is 0 Å². The zero-order valence-electron chi connectivity index (χ0n) is 13.4. The van der Waals surface area contributed by atoms with Crippen LogP contribution in [0.15, 0.2) is 0 Å². The van der Waals surface area contributed by atoms with E-state index < -0.39 is 0 Å². The van der Waals surface area contributed by atoms with E-state index >= 15 is 0 Å². The number of hydrogen-bond acceptors (Lipinski definition) is 2. The predicted octanol–water partition coefficient (Wildman–Crippen LogP) is 4.01.